The fourth-order valence-electron chi connectivity index (χ4n) is 3.25. The molecule has 0 spiro atoms. The minimum absolute atomic E-state index is 0.0376. The molecule has 3 rings (SSSR count). The molecule has 0 aliphatic carbocycles. The third-order valence-electron chi connectivity index (χ3n) is 4.36. The minimum Gasteiger partial charge on any atom is -0.336 e. The molecule has 2 aromatic heterocycles. The molecule has 6 nitrogen and oxygen atoms in total. The van der Waals surface area contributed by atoms with Crippen LogP contribution < -0.4 is 5.56 Å². The summed E-state index contributed by atoms with van der Waals surface area (Å²) in [6, 6.07) is 5.26. The second kappa shape index (κ2) is 6.81. The number of hydrogen-bond acceptors (Lipinski definition) is 3. The van der Waals surface area contributed by atoms with Crippen molar-refractivity contribution in [3.8, 4) is 0 Å². The van der Waals surface area contributed by atoms with Crippen molar-refractivity contribution in [1.82, 2.24) is 19.7 Å². The van der Waals surface area contributed by atoms with Crippen LogP contribution in [0, 0.1) is 6.92 Å². The predicted molar refractivity (Wildman–Crippen MR) is 87.3 cm³/mol. The van der Waals surface area contributed by atoms with Crippen LogP contribution in [0.2, 0.25) is 0 Å². The quantitative estimate of drug-likeness (QED) is 0.938. The van der Waals surface area contributed by atoms with E-state index in [1.165, 1.54) is 6.07 Å². The molecule has 0 saturated carbocycles. The van der Waals surface area contributed by atoms with E-state index in [4.69, 9.17) is 0 Å². The molecule has 0 unspecified atom stereocenters. The number of carbonyl (C=O) groups is 1. The number of aromatic amines is 1. The summed E-state index contributed by atoms with van der Waals surface area (Å²) in [5.74, 6) is -0.0376. The van der Waals surface area contributed by atoms with E-state index in [0.29, 0.717) is 11.3 Å². The van der Waals surface area contributed by atoms with Crippen molar-refractivity contribution in [3.63, 3.8) is 0 Å². The van der Waals surface area contributed by atoms with Gasteiger partial charge in [-0.05, 0) is 44.7 Å². The van der Waals surface area contributed by atoms with Crippen molar-refractivity contribution >= 4 is 5.91 Å². The zero-order valence-electron chi connectivity index (χ0n) is 13.4. The highest BCUT2D eigenvalue weighted by molar-refractivity contribution is 5.94. The van der Waals surface area contributed by atoms with E-state index in [2.05, 4.69) is 10.1 Å². The van der Waals surface area contributed by atoms with E-state index in [-0.39, 0.29) is 17.5 Å². The minimum atomic E-state index is -0.224. The summed E-state index contributed by atoms with van der Waals surface area (Å²) < 4.78 is 1.90. The topological polar surface area (TPSA) is 71.0 Å². The highest BCUT2D eigenvalue weighted by atomic mass is 16.2. The summed E-state index contributed by atoms with van der Waals surface area (Å²) in [6.07, 6.45) is 7.76. The maximum absolute atomic E-state index is 12.8. The summed E-state index contributed by atoms with van der Waals surface area (Å²) in [4.78, 5) is 29.1. The monoisotopic (exact) mass is 314 g/mol. The van der Waals surface area contributed by atoms with Crippen LogP contribution in [0.5, 0.6) is 0 Å². The molecule has 1 saturated heterocycles. The van der Waals surface area contributed by atoms with E-state index in [1.807, 2.05) is 21.8 Å². The Morgan fingerprint density at radius 2 is 2.26 bits per heavy atom. The summed E-state index contributed by atoms with van der Waals surface area (Å²) in [6.45, 7) is 3.36. The van der Waals surface area contributed by atoms with Crippen LogP contribution in [0.4, 0.5) is 0 Å². The average Bonchev–Trinajstić information content (AvgIpc) is 3.05. The van der Waals surface area contributed by atoms with Gasteiger partial charge in [-0.1, -0.05) is 0 Å². The van der Waals surface area contributed by atoms with Crippen LogP contribution in [-0.2, 0) is 6.54 Å². The van der Waals surface area contributed by atoms with Gasteiger partial charge in [0.15, 0.2) is 0 Å². The largest absolute Gasteiger partial charge is 0.336 e. The van der Waals surface area contributed by atoms with Gasteiger partial charge in [-0.25, -0.2) is 0 Å². The fourth-order valence-corrected chi connectivity index (χ4v) is 3.25. The molecule has 0 bridgehead atoms. The molecule has 1 fully saturated rings. The van der Waals surface area contributed by atoms with Crippen LogP contribution >= 0.6 is 0 Å². The molecule has 1 atom stereocenters. The third kappa shape index (κ3) is 3.70. The third-order valence-corrected chi connectivity index (χ3v) is 4.36. The van der Waals surface area contributed by atoms with Crippen molar-refractivity contribution in [2.24, 2.45) is 0 Å². The Balaban J connectivity index is 1.74. The predicted octanol–water partition coefficient (Wildman–Crippen LogP) is 1.96. The number of piperidine rings is 1. The number of hydrogen-bond donors (Lipinski definition) is 1. The van der Waals surface area contributed by atoms with E-state index in [9.17, 15) is 9.59 Å². The Morgan fingerprint density at radius 1 is 1.39 bits per heavy atom. The van der Waals surface area contributed by atoms with Crippen molar-refractivity contribution in [3.05, 3.63) is 52.2 Å². The average molecular weight is 314 g/mol. The lowest BCUT2D eigenvalue weighted by molar-refractivity contribution is 0.0593. The van der Waals surface area contributed by atoms with E-state index in [1.54, 1.807) is 19.2 Å². The summed E-state index contributed by atoms with van der Waals surface area (Å²) in [5.41, 5.74) is 0.974. The smallest absolute Gasteiger partial charge is 0.254 e. The van der Waals surface area contributed by atoms with Gasteiger partial charge in [-0.3, -0.25) is 14.3 Å². The first kappa shape index (κ1) is 15.5. The van der Waals surface area contributed by atoms with E-state index < -0.39 is 0 Å². The summed E-state index contributed by atoms with van der Waals surface area (Å²) in [5, 5.41) is 4.22. The van der Waals surface area contributed by atoms with Gasteiger partial charge in [0.1, 0.15) is 0 Å². The Labute approximate surface area is 135 Å². The van der Waals surface area contributed by atoms with Gasteiger partial charge >= 0.3 is 0 Å². The number of nitrogens with one attached hydrogen (secondary N) is 1. The van der Waals surface area contributed by atoms with E-state index in [0.717, 1.165) is 38.8 Å². The lowest BCUT2D eigenvalue weighted by atomic mass is 9.98. The number of amides is 1. The van der Waals surface area contributed by atoms with Gasteiger partial charge in [-0.15, -0.1) is 0 Å². The molecule has 23 heavy (non-hydrogen) atoms. The van der Waals surface area contributed by atoms with E-state index >= 15 is 0 Å². The molecule has 3 heterocycles. The molecule has 0 aromatic carbocycles. The van der Waals surface area contributed by atoms with Gasteiger partial charge in [0.2, 0.25) is 5.56 Å². The highest BCUT2D eigenvalue weighted by Gasteiger charge is 2.27. The van der Waals surface area contributed by atoms with Crippen molar-refractivity contribution in [1.29, 1.82) is 0 Å². The van der Waals surface area contributed by atoms with Crippen molar-refractivity contribution in [2.75, 3.05) is 6.54 Å². The zero-order chi connectivity index (χ0) is 16.2. The molecular formula is C17H22N4O2. The molecule has 1 aliphatic rings. The Kier molecular flexibility index (Phi) is 4.60. The molecule has 1 amide bonds. The maximum atomic E-state index is 12.8. The lowest BCUT2D eigenvalue weighted by Gasteiger charge is -2.36. The standard InChI is InChI=1S/C17H22N4O2/c1-13-11-14(12-16(22)19-13)17(23)21-9-3-2-5-15(21)6-10-20-8-4-7-18-20/h4,7-8,11-12,15H,2-3,5-6,9-10H2,1H3,(H,19,22)/t15-/m0/s1. The first-order valence-corrected chi connectivity index (χ1v) is 8.13. The molecular weight excluding hydrogens is 292 g/mol. The van der Waals surface area contributed by atoms with Gasteiger partial charge in [0.05, 0.1) is 0 Å². The first-order chi connectivity index (χ1) is 11.1. The molecule has 122 valence electrons. The highest BCUT2D eigenvalue weighted by Crippen LogP contribution is 2.22. The molecule has 1 N–H and O–H groups in total. The number of nitrogens with zero attached hydrogens (tertiary/aromatic N) is 3. The Bertz CT molecular complexity index is 720. The Morgan fingerprint density at radius 3 is 3.00 bits per heavy atom. The number of carbonyl (C=O) groups excluding carboxylic acids is 1. The van der Waals surface area contributed by atoms with Crippen molar-refractivity contribution in [2.45, 2.75) is 45.2 Å². The van der Waals surface area contributed by atoms with Crippen LogP contribution in [0.25, 0.3) is 0 Å². The van der Waals surface area contributed by atoms with Gasteiger partial charge in [-0.2, -0.15) is 5.10 Å². The second-order valence-electron chi connectivity index (χ2n) is 6.12. The normalized spacial score (nSPS) is 18.1. The zero-order valence-corrected chi connectivity index (χ0v) is 13.4. The van der Waals surface area contributed by atoms with Gasteiger partial charge < -0.3 is 9.88 Å². The lowest BCUT2D eigenvalue weighted by Crippen LogP contribution is -2.44. The molecule has 1 aliphatic heterocycles. The summed E-state index contributed by atoms with van der Waals surface area (Å²) >= 11 is 0. The van der Waals surface area contributed by atoms with Crippen molar-refractivity contribution < 1.29 is 4.79 Å². The number of H-pyrrole nitrogens is 1. The fraction of sp³-hybridized carbons (Fsp3) is 0.471. The first-order valence-electron chi connectivity index (χ1n) is 8.13. The van der Waals surface area contributed by atoms with Gasteiger partial charge in [0.25, 0.3) is 5.91 Å². The summed E-state index contributed by atoms with van der Waals surface area (Å²) in [7, 11) is 0. The second-order valence-corrected chi connectivity index (χ2v) is 6.12. The SMILES string of the molecule is Cc1cc(C(=O)N2CCCC[C@H]2CCn2cccn2)cc(=O)[nH]1. The molecule has 2 aromatic rings. The van der Waals surface area contributed by atoms with Crippen LogP contribution in [0.3, 0.4) is 0 Å². The number of likely N-dealkylation sites (tertiary alicyclic amines) is 1. The Hall–Kier alpha value is -2.37. The van der Waals surface area contributed by atoms with Gasteiger partial charge in [0, 0.05) is 48.8 Å². The number of pyridine rings is 1. The van der Waals surface area contributed by atoms with Crippen LogP contribution in [0.1, 0.15) is 41.7 Å². The number of aryl methyl sites for hydroxylation is 2. The number of rotatable bonds is 4. The molecule has 0 radical (unpaired) electrons. The molecule has 6 heteroatoms. The number of aromatic nitrogens is 3. The van der Waals surface area contributed by atoms with Crippen LogP contribution in [-0.4, -0.2) is 38.2 Å². The van der Waals surface area contributed by atoms with Crippen LogP contribution in [0.15, 0.2) is 35.4 Å². The maximum Gasteiger partial charge on any atom is 0.254 e.